The number of nitrogens with one attached hydrogen (secondary N) is 1. The fraction of sp³-hybridized carbons (Fsp3) is 0.0625. The molecule has 1 unspecified atom stereocenters. The van der Waals surface area contributed by atoms with Crippen LogP contribution in [-0.4, -0.2) is 17.4 Å². The van der Waals surface area contributed by atoms with E-state index in [0.29, 0.717) is 22.4 Å². The van der Waals surface area contributed by atoms with Crippen LogP contribution >= 0.6 is 0 Å². The molecular formula is C16H14N2O4. The number of ether oxygens (including phenoxy) is 1. The molecule has 2 rings (SSSR count). The first-order chi connectivity index (χ1) is 10.5. The average Bonchev–Trinajstić information content (AvgIpc) is 2.54. The summed E-state index contributed by atoms with van der Waals surface area (Å²) in [6, 6.07) is 12.9. The van der Waals surface area contributed by atoms with Crippen molar-refractivity contribution in [3.05, 3.63) is 58.8 Å². The van der Waals surface area contributed by atoms with Gasteiger partial charge in [0.05, 0.1) is 18.8 Å². The highest BCUT2D eigenvalue weighted by molar-refractivity contribution is 5.90. The van der Waals surface area contributed by atoms with E-state index in [1.807, 2.05) is 0 Å². The van der Waals surface area contributed by atoms with Crippen LogP contribution in [0.3, 0.4) is 0 Å². The molecule has 0 amide bonds. The predicted octanol–water partition coefficient (Wildman–Crippen LogP) is 1.87. The van der Waals surface area contributed by atoms with E-state index >= 15 is 0 Å². The number of methoxy groups -OCH3 is 1. The molecule has 0 radical (unpaired) electrons. The van der Waals surface area contributed by atoms with E-state index < -0.39 is 5.23 Å². The minimum Gasteiger partial charge on any atom is -0.595 e. The second-order valence-corrected chi connectivity index (χ2v) is 4.48. The highest BCUT2D eigenvalue weighted by Gasteiger charge is 2.06. The van der Waals surface area contributed by atoms with Crippen molar-refractivity contribution in [1.82, 2.24) is 0 Å². The maximum Gasteiger partial charge on any atom is 0.163 e. The third kappa shape index (κ3) is 3.42. The largest absolute Gasteiger partial charge is 0.595 e. The third-order valence-electron chi connectivity index (χ3n) is 3.08. The molecule has 0 spiro atoms. The van der Waals surface area contributed by atoms with Crippen LogP contribution in [0.5, 0.6) is 11.5 Å². The van der Waals surface area contributed by atoms with E-state index in [4.69, 9.17) is 9.94 Å². The summed E-state index contributed by atoms with van der Waals surface area (Å²) in [5.74, 6) is 0.330. The van der Waals surface area contributed by atoms with Crippen molar-refractivity contribution in [1.29, 1.82) is 5.26 Å². The monoisotopic (exact) mass is 298 g/mol. The molecule has 6 heteroatoms. The number of quaternary nitrogens is 1. The summed E-state index contributed by atoms with van der Waals surface area (Å²) in [5.41, 5.74) is 1.84. The zero-order valence-corrected chi connectivity index (χ0v) is 11.8. The van der Waals surface area contributed by atoms with Crippen LogP contribution in [0.4, 0.5) is 5.69 Å². The maximum absolute atomic E-state index is 10.8. The van der Waals surface area contributed by atoms with Gasteiger partial charge in [-0.3, -0.25) is 0 Å². The quantitative estimate of drug-likeness (QED) is 0.454. The molecule has 0 aromatic heterocycles. The van der Waals surface area contributed by atoms with E-state index in [-0.39, 0.29) is 11.4 Å². The fourth-order valence-corrected chi connectivity index (χ4v) is 1.92. The number of allylic oxidation sites excluding steroid dienone is 1. The Morgan fingerprint density at radius 3 is 2.50 bits per heavy atom. The van der Waals surface area contributed by atoms with Gasteiger partial charge in [0.25, 0.3) is 0 Å². The van der Waals surface area contributed by atoms with Crippen molar-refractivity contribution in [2.24, 2.45) is 0 Å². The van der Waals surface area contributed by atoms with Crippen molar-refractivity contribution in [2.45, 2.75) is 0 Å². The Kier molecular flexibility index (Phi) is 4.76. The maximum atomic E-state index is 10.8. The Hall–Kier alpha value is -2.85. The molecule has 3 N–H and O–H groups in total. The van der Waals surface area contributed by atoms with Gasteiger partial charge in [0.2, 0.25) is 0 Å². The van der Waals surface area contributed by atoms with Gasteiger partial charge in [0.15, 0.2) is 17.2 Å². The van der Waals surface area contributed by atoms with Crippen LogP contribution in [0.1, 0.15) is 11.1 Å². The van der Waals surface area contributed by atoms with Gasteiger partial charge in [-0.25, -0.2) is 5.21 Å². The summed E-state index contributed by atoms with van der Waals surface area (Å²) in [6.07, 6.45) is 1.64. The van der Waals surface area contributed by atoms with Gasteiger partial charge in [-0.2, -0.15) is 10.5 Å². The number of nitrogens with zero attached hydrogens (tertiary/aromatic N) is 1. The Labute approximate surface area is 127 Å². The number of hydrogen-bond donors (Lipinski definition) is 3. The Bertz CT molecular complexity index is 731. The number of hydrogen-bond acceptors (Lipinski definition) is 5. The molecule has 0 aliphatic rings. The number of phenolic OH excluding ortho intramolecular Hbond substituents is 1. The van der Waals surface area contributed by atoms with E-state index in [1.54, 1.807) is 30.3 Å². The minimum absolute atomic E-state index is 0.0176. The fourth-order valence-electron chi connectivity index (χ4n) is 1.92. The summed E-state index contributed by atoms with van der Waals surface area (Å²) in [7, 11) is 1.44. The van der Waals surface area contributed by atoms with E-state index in [9.17, 15) is 15.6 Å². The highest BCUT2D eigenvalue weighted by Crippen LogP contribution is 2.28. The van der Waals surface area contributed by atoms with E-state index in [2.05, 4.69) is 6.07 Å². The predicted molar refractivity (Wildman–Crippen MR) is 80.4 cm³/mol. The lowest BCUT2D eigenvalue weighted by Gasteiger charge is -2.11. The van der Waals surface area contributed by atoms with Gasteiger partial charge in [-0.15, -0.1) is 0 Å². The molecule has 2 aromatic carbocycles. The summed E-state index contributed by atoms with van der Waals surface area (Å²) in [4.78, 5) is 0. The summed E-state index contributed by atoms with van der Waals surface area (Å²) >= 11 is 0. The van der Waals surface area contributed by atoms with E-state index in [0.717, 1.165) is 0 Å². The molecule has 22 heavy (non-hydrogen) atoms. The number of nitriles is 1. The van der Waals surface area contributed by atoms with Crippen molar-refractivity contribution in [2.75, 3.05) is 7.11 Å². The Balaban J connectivity index is 2.37. The molecule has 0 heterocycles. The zero-order chi connectivity index (χ0) is 16.1. The molecular weight excluding hydrogens is 284 g/mol. The second-order valence-electron chi connectivity index (χ2n) is 4.48. The average molecular weight is 298 g/mol. The first-order valence-corrected chi connectivity index (χ1v) is 6.37. The minimum atomic E-state index is -1.02. The topological polar surface area (TPSA) is 101 Å². The van der Waals surface area contributed by atoms with E-state index in [1.165, 1.54) is 25.3 Å². The van der Waals surface area contributed by atoms with Gasteiger partial charge < -0.3 is 15.1 Å². The summed E-state index contributed by atoms with van der Waals surface area (Å²) in [6.45, 7) is 0. The molecule has 6 nitrogen and oxygen atoms in total. The number of rotatable bonds is 4. The van der Waals surface area contributed by atoms with Crippen LogP contribution in [0.2, 0.25) is 0 Å². The van der Waals surface area contributed by atoms with Crippen molar-refractivity contribution in [3.63, 3.8) is 0 Å². The van der Waals surface area contributed by atoms with Crippen LogP contribution in [0.25, 0.3) is 11.6 Å². The summed E-state index contributed by atoms with van der Waals surface area (Å²) < 4.78 is 5.02. The molecule has 1 atom stereocenters. The highest BCUT2D eigenvalue weighted by atomic mass is 16.8. The molecule has 0 saturated heterocycles. The normalized spacial score (nSPS) is 12.5. The van der Waals surface area contributed by atoms with Gasteiger partial charge in [0.1, 0.15) is 0 Å². The lowest BCUT2D eigenvalue weighted by atomic mass is 10.0. The van der Waals surface area contributed by atoms with Crippen LogP contribution < -0.4 is 9.96 Å². The van der Waals surface area contributed by atoms with Crippen molar-refractivity contribution >= 4 is 17.3 Å². The smallest absolute Gasteiger partial charge is 0.163 e. The van der Waals surface area contributed by atoms with Gasteiger partial charge in [-0.05, 0) is 41.5 Å². The lowest BCUT2D eigenvalue weighted by Crippen LogP contribution is -2.99. The van der Waals surface area contributed by atoms with Crippen LogP contribution in [0.15, 0.2) is 42.5 Å². The molecule has 0 aliphatic carbocycles. The molecule has 0 bridgehead atoms. The number of benzene rings is 2. The molecule has 0 aliphatic heterocycles. The molecule has 2 aromatic rings. The number of aromatic hydroxyl groups is 1. The van der Waals surface area contributed by atoms with Gasteiger partial charge >= 0.3 is 0 Å². The Morgan fingerprint density at radius 1 is 1.27 bits per heavy atom. The Morgan fingerprint density at radius 2 is 1.95 bits per heavy atom. The SMILES string of the molecule is COc1cc(/C=C(/C#N)c2ccc([NH+]([O-])O)cc2)ccc1O. The first-order valence-electron chi connectivity index (χ1n) is 6.37. The van der Waals surface area contributed by atoms with Crippen molar-refractivity contribution in [3.8, 4) is 17.6 Å². The summed E-state index contributed by atoms with van der Waals surface area (Å²) in [5, 5.41) is 37.5. The zero-order valence-electron chi connectivity index (χ0n) is 11.8. The second kappa shape index (κ2) is 6.74. The lowest BCUT2D eigenvalue weighted by molar-refractivity contribution is -0.991. The van der Waals surface area contributed by atoms with Crippen LogP contribution in [-0.2, 0) is 0 Å². The van der Waals surface area contributed by atoms with Gasteiger partial charge in [0, 0.05) is 12.1 Å². The first kappa shape index (κ1) is 15.5. The molecule has 112 valence electrons. The van der Waals surface area contributed by atoms with Crippen molar-refractivity contribution < 1.29 is 20.3 Å². The van der Waals surface area contributed by atoms with Crippen LogP contribution in [0, 0.1) is 16.5 Å². The molecule has 0 saturated carbocycles. The number of phenols is 1. The third-order valence-corrected chi connectivity index (χ3v) is 3.08. The molecule has 0 fully saturated rings. The standard InChI is InChI=1S/C16H14N2O4/c1-22-16-9-11(2-7-15(16)19)8-13(10-17)12-3-5-14(6-4-12)18(20)21/h2-9,18-20H,1H3/b13-8-. The van der Waals surface area contributed by atoms with Gasteiger partial charge in [-0.1, -0.05) is 6.07 Å².